The Labute approximate surface area is 94.6 Å². The topological polar surface area (TPSA) is 46.2 Å². The van der Waals surface area contributed by atoms with Crippen molar-refractivity contribution in [2.75, 3.05) is 25.6 Å². The van der Waals surface area contributed by atoms with Gasteiger partial charge in [-0.1, -0.05) is 13.8 Å². The Kier molecular flexibility index (Phi) is 6.44. The summed E-state index contributed by atoms with van der Waals surface area (Å²) in [5.74, 6) is 0.318. The van der Waals surface area contributed by atoms with E-state index in [-0.39, 0.29) is 5.41 Å². The average Bonchev–Trinajstić information content (AvgIpc) is 2.14. The van der Waals surface area contributed by atoms with E-state index < -0.39 is 9.84 Å². The first-order valence-corrected chi connectivity index (χ1v) is 7.77. The van der Waals surface area contributed by atoms with E-state index in [2.05, 4.69) is 19.2 Å². The van der Waals surface area contributed by atoms with Gasteiger partial charge in [-0.25, -0.2) is 8.42 Å². The predicted molar refractivity (Wildman–Crippen MR) is 65.9 cm³/mol. The normalized spacial score (nSPS) is 13.1. The van der Waals surface area contributed by atoms with Crippen LogP contribution in [0.1, 0.15) is 39.5 Å². The molecule has 0 aromatic carbocycles. The SMILES string of the molecule is CCC(CC)(CCCS(C)(=O)=O)CNC. The molecule has 0 amide bonds. The quantitative estimate of drug-likeness (QED) is 0.698. The van der Waals surface area contributed by atoms with Crippen LogP contribution in [-0.2, 0) is 9.84 Å². The zero-order valence-electron chi connectivity index (χ0n) is 10.5. The molecule has 0 saturated heterocycles. The third kappa shape index (κ3) is 6.15. The lowest BCUT2D eigenvalue weighted by Crippen LogP contribution is -2.32. The molecule has 1 N–H and O–H groups in total. The molecule has 0 aromatic heterocycles. The number of nitrogens with one attached hydrogen (secondary N) is 1. The molecule has 92 valence electrons. The fourth-order valence-corrected chi connectivity index (χ4v) is 2.70. The molecule has 4 heteroatoms. The fourth-order valence-electron chi connectivity index (χ4n) is 2.03. The van der Waals surface area contributed by atoms with E-state index in [1.807, 2.05) is 7.05 Å². The molecule has 0 unspecified atom stereocenters. The molecule has 0 rings (SSSR count). The molecule has 0 saturated carbocycles. The Balaban J connectivity index is 4.18. The Morgan fingerprint density at radius 2 is 1.73 bits per heavy atom. The molecule has 0 fully saturated rings. The summed E-state index contributed by atoms with van der Waals surface area (Å²) < 4.78 is 22.1. The fraction of sp³-hybridized carbons (Fsp3) is 1.00. The van der Waals surface area contributed by atoms with Crippen molar-refractivity contribution in [1.29, 1.82) is 0 Å². The standard InChI is InChI=1S/C11H25NO2S/c1-5-11(6-2,10-12-3)8-7-9-15(4,13)14/h12H,5-10H2,1-4H3. The lowest BCUT2D eigenvalue weighted by Gasteiger charge is -2.31. The first-order chi connectivity index (χ1) is 6.89. The van der Waals surface area contributed by atoms with Crippen LogP contribution < -0.4 is 5.32 Å². The monoisotopic (exact) mass is 235 g/mol. The Hall–Kier alpha value is -0.0900. The lowest BCUT2D eigenvalue weighted by molar-refractivity contribution is 0.232. The highest BCUT2D eigenvalue weighted by Gasteiger charge is 2.25. The van der Waals surface area contributed by atoms with Crippen molar-refractivity contribution in [1.82, 2.24) is 5.32 Å². The van der Waals surface area contributed by atoms with Crippen molar-refractivity contribution in [3.63, 3.8) is 0 Å². The van der Waals surface area contributed by atoms with E-state index in [1.54, 1.807) is 0 Å². The number of rotatable bonds is 8. The van der Waals surface area contributed by atoms with Gasteiger partial charge in [-0.3, -0.25) is 0 Å². The first-order valence-electron chi connectivity index (χ1n) is 5.71. The van der Waals surface area contributed by atoms with E-state index >= 15 is 0 Å². The zero-order valence-corrected chi connectivity index (χ0v) is 11.3. The summed E-state index contributed by atoms with van der Waals surface area (Å²) >= 11 is 0. The van der Waals surface area contributed by atoms with E-state index in [9.17, 15) is 8.42 Å². The van der Waals surface area contributed by atoms with Gasteiger partial charge in [-0.15, -0.1) is 0 Å². The second kappa shape index (κ2) is 6.48. The van der Waals surface area contributed by atoms with Crippen molar-refractivity contribution in [3.05, 3.63) is 0 Å². The summed E-state index contributed by atoms with van der Waals surface area (Å²) in [6, 6.07) is 0. The van der Waals surface area contributed by atoms with Crippen LogP contribution in [0.3, 0.4) is 0 Å². The molecule has 0 aliphatic carbocycles. The third-order valence-corrected chi connectivity index (χ3v) is 4.30. The second-order valence-electron chi connectivity index (χ2n) is 4.47. The predicted octanol–water partition coefficient (Wildman–Crippen LogP) is 1.84. The number of sulfone groups is 1. The van der Waals surface area contributed by atoms with Gasteiger partial charge < -0.3 is 5.32 Å². The van der Waals surface area contributed by atoms with Gasteiger partial charge in [0.25, 0.3) is 0 Å². The minimum absolute atomic E-state index is 0.277. The molecule has 3 nitrogen and oxygen atoms in total. The van der Waals surface area contributed by atoms with Crippen molar-refractivity contribution >= 4 is 9.84 Å². The minimum atomic E-state index is -2.80. The Bertz CT molecular complexity index is 256. The maximum absolute atomic E-state index is 11.0. The van der Waals surface area contributed by atoms with Gasteiger partial charge in [0.2, 0.25) is 0 Å². The van der Waals surface area contributed by atoms with Crippen LogP contribution in [0.25, 0.3) is 0 Å². The second-order valence-corrected chi connectivity index (χ2v) is 6.73. The molecule has 0 aliphatic heterocycles. The molecule has 0 spiro atoms. The van der Waals surface area contributed by atoms with Crippen LogP contribution in [0.15, 0.2) is 0 Å². The molecule has 0 heterocycles. The molecular weight excluding hydrogens is 210 g/mol. The van der Waals surface area contributed by atoms with Crippen LogP contribution in [0, 0.1) is 5.41 Å². The van der Waals surface area contributed by atoms with Gasteiger partial charge in [0, 0.05) is 18.6 Å². The number of hydrogen-bond acceptors (Lipinski definition) is 3. The average molecular weight is 235 g/mol. The first kappa shape index (κ1) is 14.9. The summed E-state index contributed by atoms with van der Waals surface area (Å²) in [6.45, 7) is 5.34. The molecule has 0 radical (unpaired) electrons. The van der Waals surface area contributed by atoms with Crippen molar-refractivity contribution in [2.45, 2.75) is 39.5 Å². The Morgan fingerprint density at radius 1 is 1.20 bits per heavy atom. The van der Waals surface area contributed by atoms with E-state index in [1.165, 1.54) is 6.26 Å². The largest absolute Gasteiger partial charge is 0.319 e. The maximum Gasteiger partial charge on any atom is 0.147 e. The molecule has 0 bridgehead atoms. The number of hydrogen-bond donors (Lipinski definition) is 1. The Morgan fingerprint density at radius 3 is 2.07 bits per heavy atom. The summed E-state index contributed by atoms with van der Waals surface area (Å²) in [5, 5.41) is 3.21. The minimum Gasteiger partial charge on any atom is -0.319 e. The lowest BCUT2D eigenvalue weighted by atomic mass is 9.78. The van der Waals surface area contributed by atoms with Crippen LogP contribution in [-0.4, -0.2) is 34.0 Å². The van der Waals surface area contributed by atoms with Crippen molar-refractivity contribution in [2.24, 2.45) is 5.41 Å². The zero-order chi connectivity index (χ0) is 11.9. The molecule has 0 aromatic rings. The van der Waals surface area contributed by atoms with Gasteiger partial charge in [-0.05, 0) is 38.1 Å². The van der Waals surface area contributed by atoms with E-state index in [4.69, 9.17) is 0 Å². The van der Waals surface area contributed by atoms with E-state index in [0.717, 1.165) is 32.2 Å². The van der Waals surface area contributed by atoms with E-state index in [0.29, 0.717) is 5.75 Å². The smallest absolute Gasteiger partial charge is 0.147 e. The van der Waals surface area contributed by atoms with Gasteiger partial charge >= 0.3 is 0 Å². The van der Waals surface area contributed by atoms with Gasteiger partial charge in [0.15, 0.2) is 0 Å². The van der Waals surface area contributed by atoms with Gasteiger partial charge in [0.1, 0.15) is 9.84 Å². The maximum atomic E-state index is 11.0. The highest BCUT2D eigenvalue weighted by Crippen LogP contribution is 2.31. The van der Waals surface area contributed by atoms with Crippen LogP contribution in [0.4, 0.5) is 0 Å². The highest BCUT2D eigenvalue weighted by atomic mass is 32.2. The molecule has 0 aliphatic rings. The van der Waals surface area contributed by atoms with Gasteiger partial charge in [-0.2, -0.15) is 0 Å². The molecule has 0 atom stereocenters. The van der Waals surface area contributed by atoms with Crippen molar-refractivity contribution in [3.8, 4) is 0 Å². The molecule has 15 heavy (non-hydrogen) atoms. The van der Waals surface area contributed by atoms with Crippen LogP contribution >= 0.6 is 0 Å². The van der Waals surface area contributed by atoms with Crippen LogP contribution in [0.2, 0.25) is 0 Å². The summed E-state index contributed by atoms with van der Waals surface area (Å²) in [5.41, 5.74) is 0.277. The van der Waals surface area contributed by atoms with Crippen LogP contribution in [0.5, 0.6) is 0 Å². The summed E-state index contributed by atoms with van der Waals surface area (Å²) in [4.78, 5) is 0. The van der Waals surface area contributed by atoms with Gasteiger partial charge in [0.05, 0.1) is 0 Å². The third-order valence-electron chi connectivity index (χ3n) is 3.27. The van der Waals surface area contributed by atoms with Crippen molar-refractivity contribution < 1.29 is 8.42 Å². The summed E-state index contributed by atoms with van der Waals surface area (Å²) in [6.07, 6.45) is 5.29. The summed E-state index contributed by atoms with van der Waals surface area (Å²) in [7, 11) is -0.843. The highest BCUT2D eigenvalue weighted by molar-refractivity contribution is 7.90. The molecular formula is C11H25NO2S.